The number of hydrogen-bond donors (Lipinski definition) is 1. The van der Waals surface area contributed by atoms with Crippen LogP contribution in [0.4, 0.5) is 0 Å². The number of phenolic OH excluding ortho intramolecular Hbond substituents is 1. The molecule has 3 aliphatic carbocycles. The molecule has 0 unspecified atom stereocenters. The van der Waals surface area contributed by atoms with Gasteiger partial charge in [-0.15, -0.1) is 0 Å². The van der Waals surface area contributed by atoms with Crippen LogP contribution in [0.1, 0.15) is 29.9 Å². The van der Waals surface area contributed by atoms with Crippen LogP contribution in [0.3, 0.4) is 0 Å². The highest BCUT2D eigenvalue weighted by molar-refractivity contribution is 5.59. The van der Waals surface area contributed by atoms with Crippen molar-refractivity contribution in [3.8, 4) is 11.5 Å². The molecule has 0 aliphatic heterocycles. The average molecular weight is 232 g/mol. The highest BCUT2D eigenvalue weighted by Crippen LogP contribution is 2.55. The number of hydrogen-bond acceptors (Lipinski definition) is 3. The van der Waals surface area contributed by atoms with Crippen LogP contribution in [0.2, 0.25) is 0 Å². The zero-order valence-corrected chi connectivity index (χ0v) is 10.1. The number of phenols is 1. The Bertz CT molecular complexity index is 492. The van der Waals surface area contributed by atoms with Gasteiger partial charge >= 0.3 is 0 Å². The molecule has 0 amide bonds. The van der Waals surface area contributed by atoms with E-state index >= 15 is 0 Å². The van der Waals surface area contributed by atoms with Crippen molar-refractivity contribution >= 4 is 0 Å². The number of allylic oxidation sites excluding steroid dienone is 1. The number of methoxy groups -OCH3 is 2. The van der Waals surface area contributed by atoms with E-state index in [1.165, 1.54) is 0 Å². The fourth-order valence-electron chi connectivity index (χ4n) is 3.12. The number of rotatable bonds is 2. The molecule has 1 aromatic carbocycles. The lowest BCUT2D eigenvalue weighted by atomic mass is 9.68. The second kappa shape index (κ2) is 3.50. The summed E-state index contributed by atoms with van der Waals surface area (Å²) in [7, 11) is 3.36. The zero-order valence-electron chi connectivity index (χ0n) is 10.1. The minimum Gasteiger partial charge on any atom is -0.508 e. The third kappa shape index (κ3) is 1.26. The maximum atomic E-state index is 10.1. The van der Waals surface area contributed by atoms with Gasteiger partial charge in [-0.2, -0.15) is 0 Å². The summed E-state index contributed by atoms with van der Waals surface area (Å²) in [6.07, 6.45) is 6.19. The molecule has 0 saturated carbocycles. The van der Waals surface area contributed by atoms with Crippen molar-refractivity contribution in [1.29, 1.82) is 0 Å². The van der Waals surface area contributed by atoms with Crippen molar-refractivity contribution in [1.82, 2.24) is 0 Å². The van der Waals surface area contributed by atoms with Crippen LogP contribution in [0.15, 0.2) is 24.3 Å². The van der Waals surface area contributed by atoms with Gasteiger partial charge in [0.15, 0.2) is 0 Å². The summed E-state index contributed by atoms with van der Waals surface area (Å²) in [5.41, 5.74) is 1.50. The van der Waals surface area contributed by atoms with E-state index in [0.717, 1.165) is 29.7 Å². The number of benzene rings is 1. The first-order chi connectivity index (χ1) is 8.22. The van der Waals surface area contributed by atoms with Crippen molar-refractivity contribution in [3.05, 3.63) is 35.4 Å². The van der Waals surface area contributed by atoms with E-state index in [-0.39, 0.29) is 0 Å². The molecule has 4 rings (SSSR count). The Morgan fingerprint density at radius 1 is 1.35 bits per heavy atom. The minimum atomic E-state index is -0.470. The molecule has 0 radical (unpaired) electrons. The lowest BCUT2D eigenvalue weighted by Gasteiger charge is -2.43. The normalized spacial score (nSPS) is 29.2. The van der Waals surface area contributed by atoms with Crippen LogP contribution in [-0.2, 0) is 10.3 Å². The van der Waals surface area contributed by atoms with E-state index in [1.807, 2.05) is 6.07 Å². The first-order valence-electron chi connectivity index (χ1n) is 5.86. The van der Waals surface area contributed by atoms with Crippen LogP contribution in [0.25, 0.3) is 0 Å². The summed E-state index contributed by atoms with van der Waals surface area (Å²) >= 11 is 0. The van der Waals surface area contributed by atoms with Crippen molar-refractivity contribution in [2.75, 3.05) is 14.2 Å². The molecular formula is C14H16O3. The van der Waals surface area contributed by atoms with E-state index < -0.39 is 5.60 Å². The lowest BCUT2D eigenvalue weighted by molar-refractivity contribution is 0.00428. The Balaban J connectivity index is 2.31. The van der Waals surface area contributed by atoms with Crippen LogP contribution in [0, 0.1) is 0 Å². The Morgan fingerprint density at radius 3 is 2.76 bits per heavy atom. The van der Waals surface area contributed by atoms with Crippen LogP contribution in [0.5, 0.6) is 11.5 Å². The quantitative estimate of drug-likeness (QED) is 0.797. The SMILES string of the molecule is COc1ccc(O)c2c1[C@H]1C=C[C@]2(OC)CC1. The Hall–Kier alpha value is -1.48. The molecule has 3 heteroatoms. The molecule has 90 valence electrons. The summed E-state index contributed by atoms with van der Waals surface area (Å²) in [6.45, 7) is 0. The molecule has 3 aliphatic rings. The van der Waals surface area contributed by atoms with Crippen molar-refractivity contribution in [2.45, 2.75) is 24.4 Å². The van der Waals surface area contributed by atoms with Crippen molar-refractivity contribution < 1.29 is 14.6 Å². The van der Waals surface area contributed by atoms with E-state index in [9.17, 15) is 5.11 Å². The second-order valence-electron chi connectivity index (χ2n) is 4.67. The van der Waals surface area contributed by atoms with Gasteiger partial charge in [0.1, 0.15) is 17.1 Å². The Morgan fingerprint density at radius 2 is 2.18 bits per heavy atom. The number of ether oxygens (including phenoxy) is 2. The number of aromatic hydroxyl groups is 1. The molecule has 0 saturated heterocycles. The molecule has 0 aromatic heterocycles. The summed E-state index contributed by atoms with van der Waals surface area (Å²) in [6, 6.07) is 3.51. The first-order valence-corrected chi connectivity index (χ1v) is 5.86. The smallest absolute Gasteiger partial charge is 0.123 e. The summed E-state index contributed by atoms with van der Waals surface area (Å²) in [5.74, 6) is 1.48. The zero-order chi connectivity index (χ0) is 12.0. The summed E-state index contributed by atoms with van der Waals surface area (Å²) in [5, 5.41) is 10.1. The average Bonchev–Trinajstić information content (AvgIpc) is 2.40. The van der Waals surface area contributed by atoms with Gasteiger partial charge in [-0.1, -0.05) is 12.2 Å². The molecule has 1 N–H and O–H groups in total. The molecule has 2 bridgehead atoms. The Labute approximate surface area is 101 Å². The second-order valence-corrected chi connectivity index (χ2v) is 4.67. The molecule has 1 aromatic rings. The van der Waals surface area contributed by atoms with Gasteiger partial charge in [0.25, 0.3) is 0 Å². The van der Waals surface area contributed by atoms with Gasteiger partial charge in [-0.25, -0.2) is 0 Å². The highest BCUT2D eigenvalue weighted by Gasteiger charge is 2.44. The van der Waals surface area contributed by atoms with Crippen LogP contribution in [-0.4, -0.2) is 19.3 Å². The Kier molecular flexibility index (Phi) is 2.20. The molecule has 0 heterocycles. The third-order valence-corrected chi connectivity index (χ3v) is 3.99. The van der Waals surface area contributed by atoms with Gasteiger partial charge in [0.05, 0.1) is 7.11 Å². The third-order valence-electron chi connectivity index (χ3n) is 3.99. The van der Waals surface area contributed by atoms with Crippen LogP contribution >= 0.6 is 0 Å². The van der Waals surface area contributed by atoms with E-state index in [2.05, 4.69) is 12.2 Å². The predicted octanol–water partition coefficient (Wildman–Crippen LogP) is 2.69. The van der Waals surface area contributed by atoms with Crippen LogP contribution < -0.4 is 4.74 Å². The maximum absolute atomic E-state index is 10.1. The lowest BCUT2D eigenvalue weighted by Crippen LogP contribution is -2.36. The fraction of sp³-hybridized carbons (Fsp3) is 0.429. The first kappa shape index (κ1) is 10.7. The highest BCUT2D eigenvalue weighted by atomic mass is 16.5. The van der Waals surface area contributed by atoms with E-state index in [0.29, 0.717) is 11.7 Å². The molecule has 17 heavy (non-hydrogen) atoms. The fourth-order valence-corrected chi connectivity index (χ4v) is 3.12. The largest absolute Gasteiger partial charge is 0.508 e. The molecular weight excluding hydrogens is 216 g/mol. The van der Waals surface area contributed by atoms with Crippen molar-refractivity contribution in [3.63, 3.8) is 0 Å². The molecule has 0 fully saturated rings. The molecule has 2 atom stereocenters. The number of fused-ring (bicyclic) bond motifs is 1. The van der Waals surface area contributed by atoms with E-state index in [4.69, 9.17) is 9.47 Å². The van der Waals surface area contributed by atoms with Gasteiger partial charge in [0.2, 0.25) is 0 Å². The van der Waals surface area contributed by atoms with Gasteiger partial charge < -0.3 is 14.6 Å². The van der Waals surface area contributed by atoms with Crippen molar-refractivity contribution in [2.24, 2.45) is 0 Å². The standard InChI is InChI=1S/C14H16O3/c1-16-11-4-3-10(15)13-12(11)9-5-7-14(13,17-2)8-6-9/h3-5,7,9,15H,6,8H2,1-2H3/t9-,14-/m0/s1. The van der Waals surface area contributed by atoms with E-state index in [1.54, 1.807) is 20.3 Å². The van der Waals surface area contributed by atoms with Gasteiger partial charge in [-0.05, 0) is 25.0 Å². The van der Waals surface area contributed by atoms with Gasteiger partial charge in [-0.3, -0.25) is 0 Å². The topological polar surface area (TPSA) is 38.7 Å². The maximum Gasteiger partial charge on any atom is 0.123 e. The molecule has 0 spiro atoms. The molecule has 3 nitrogen and oxygen atoms in total. The summed E-state index contributed by atoms with van der Waals surface area (Å²) in [4.78, 5) is 0. The monoisotopic (exact) mass is 232 g/mol. The summed E-state index contributed by atoms with van der Waals surface area (Å²) < 4.78 is 11.1. The van der Waals surface area contributed by atoms with Gasteiger partial charge in [0, 0.05) is 24.2 Å². The predicted molar refractivity (Wildman–Crippen MR) is 64.5 cm³/mol. The minimum absolute atomic E-state index is 0.302.